The molecule has 0 radical (unpaired) electrons. The third kappa shape index (κ3) is 15.3. The minimum Gasteiger partial charge on any atom is -0.369 e. The average molecular weight is 304 g/mol. The van der Waals surface area contributed by atoms with Crippen molar-refractivity contribution in [2.45, 2.75) is 58.5 Å². The van der Waals surface area contributed by atoms with Crippen LogP contribution in [0.15, 0.2) is 0 Å². The molecule has 0 rings (SSSR count). The highest BCUT2D eigenvalue weighted by Crippen LogP contribution is 2.04. The van der Waals surface area contributed by atoms with Crippen molar-refractivity contribution in [2.24, 2.45) is 0 Å². The van der Waals surface area contributed by atoms with Gasteiger partial charge in [-0.2, -0.15) is 0 Å². The molecule has 0 unspecified atom stereocenters. The number of ether oxygens (including phenoxy) is 1. The summed E-state index contributed by atoms with van der Waals surface area (Å²) < 4.78 is 5.21. The zero-order valence-corrected chi connectivity index (χ0v) is 13.5. The van der Waals surface area contributed by atoms with Crippen LogP contribution in [0.25, 0.3) is 0 Å². The zero-order valence-electron chi connectivity index (χ0n) is 12.6. The molecule has 0 aliphatic heterocycles. The molecule has 0 heterocycles. The SMILES string of the molecule is CC(C)OCC(=O)NCCCCCCCCNC(=O)S. The molecule has 0 aliphatic rings. The van der Waals surface area contributed by atoms with Gasteiger partial charge in [0.2, 0.25) is 5.91 Å². The van der Waals surface area contributed by atoms with E-state index in [1.165, 1.54) is 0 Å². The van der Waals surface area contributed by atoms with E-state index in [-0.39, 0.29) is 23.9 Å². The van der Waals surface area contributed by atoms with Crippen LogP contribution in [0.1, 0.15) is 52.4 Å². The van der Waals surface area contributed by atoms with E-state index in [9.17, 15) is 9.59 Å². The zero-order chi connectivity index (χ0) is 15.2. The highest BCUT2D eigenvalue weighted by Gasteiger charge is 2.01. The highest BCUT2D eigenvalue weighted by atomic mass is 32.1. The van der Waals surface area contributed by atoms with Gasteiger partial charge in [-0.3, -0.25) is 9.59 Å². The maximum absolute atomic E-state index is 11.3. The molecule has 0 aliphatic carbocycles. The maximum atomic E-state index is 11.3. The lowest BCUT2D eigenvalue weighted by Crippen LogP contribution is -2.29. The lowest BCUT2D eigenvalue weighted by atomic mass is 10.1. The minimum atomic E-state index is -0.262. The second-order valence-corrected chi connectivity index (χ2v) is 5.47. The lowest BCUT2D eigenvalue weighted by Gasteiger charge is -2.08. The Balaban J connectivity index is 3.16. The largest absolute Gasteiger partial charge is 0.369 e. The number of carbonyl (C=O) groups excluding carboxylic acids is 2. The molecule has 0 aromatic carbocycles. The average Bonchev–Trinajstić information content (AvgIpc) is 2.38. The highest BCUT2D eigenvalue weighted by molar-refractivity contribution is 7.96. The van der Waals surface area contributed by atoms with Crippen molar-refractivity contribution in [1.29, 1.82) is 0 Å². The molecule has 2 N–H and O–H groups in total. The summed E-state index contributed by atoms with van der Waals surface area (Å²) in [5.74, 6) is -0.0406. The van der Waals surface area contributed by atoms with Gasteiger partial charge in [-0.25, -0.2) is 0 Å². The van der Waals surface area contributed by atoms with Crippen molar-refractivity contribution < 1.29 is 14.3 Å². The number of rotatable bonds is 12. The van der Waals surface area contributed by atoms with Crippen LogP contribution in [0.3, 0.4) is 0 Å². The Hall–Kier alpha value is -0.750. The number of amides is 2. The molecule has 0 bridgehead atoms. The number of hydrogen-bond acceptors (Lipinski definition) is 3. The predicted octanol–water partition coefficient (Wildman–Crippen LogP) is 2.51. The fraction of sp³-hybridized carbons (Fsp3) is 0.857. The molecular weight excluding hydrogens is 276 g/mol. The molecule has 0 spiro atoms. The molecule has 2 amide bonds. The van der Waals surface area contributed by atoms with Crippen LogP contribution in [0.4, 0.5) is 4.79 Å². The quantitative estimate of drug-likeness (QED) is 0.383. The topological polar surface area (TPSA) is 67.4 Å². The Bertz CT molecular complexity index is 273. The number of nitrogens with one attached hydrogen (secondary N) is 2. The standard InChI is InChI=1S/C14H28N2O3S/c1-12(2)19-11-13(17)15-9-7-5-3-4-6-8-10-16-14(18)20/h12H,3-11H2,1-2H3,(H,15,17)(H2,16,18,20). The van der Waals surface area contributed by atoms with Gasteiger partial charge in [0.15, 0.2) is 0 Å². The first-order chi connectivity index (χ1) is 9.52. The van der Waals surface area contributed by atoms with Crippen molar-refractivity contribution in [1.82, 2.24) is 10.6 Å². The van der Waals surface area contributed by atoms with Crippen molar-refractivity contribution in [3.63, 3.8) is 0 Å². The van der Waals surface area contributed by atoms with Gasteiger partial charge >= 0.3 is 0 Å². The molecule has 20 heavy (non-hydrogen) atoms. The molecular formula is C14H28N2O3S. The van der Waals surface area contributed by atoms with Crippen LogP contribution in [-0.4, -0.2) is 36.9 Å². The summed E-state index contributed by atoms with van der Waals surface area (Å²) in [6.45, 7) is 5.39. The Morgan fingerprint density at radius 2 is 1.45 bits per heavy atom. The summed E-state index contributed by atoms with van der Waals surface area (Å²) in [6.07, 6.45) is 6.64. The van der Waals surface area contributed by atoms with Gasteiger partial charge in [-0.05, 0) is 26.7 Å². The lowest BCUT2D eigenvalue weighted by molar-refractivity contribution is -0.127. The molecule has 6 heteroatoms. The van der Waals surface area contributed by atoms with Crippen molar-refractivity contribution in [3.05, 3.63) is 0 Å². The second-order valence-electron chi connectivity index (χ2n) is 5.06. The van der Waals surface area contributed by atoms with Crippen molar-refractivity contribution in [3.8, 4) is 0 Å². The van der Waals surface area contributed by atoms with Crippen LogP contribution in [-0.2, 0) is 9.53 Å². The number of hydrogen-bond donors (Lipinski definition) is 3. The van der Waals surface area contributed by atoms with Crippen molar-refractivity contribution >= 4 is 23.8 Å². The number of unbranched alkanes of at least 4 members (excludes halogenated alkanes) is 5. The predicted molar refractivity (Wildman–Crippen MR) is 84.2 cm³/mol. The maximum Gasteiger partial charge on any atom is 0.275 e. The molecule has 0 aromatic heterocycles. The van der Waals surface area contributed by atoms with Gasteiger partial charge in [0.25, 0.3) is 5.24 Å². The molecule has 0 fully saturated rings. The minimum absolute atomic E-state index is 0.0406. The van der Waals surface area contributed by atoms with E-state index in [2.05, 4.69) is 23.3 Å². The molecule has 0 aromatic rings. The summed E-state index contributed by atoms with van der Waals surface area (Å²) in [5.41, 5.74) is 0. The Morgan fingerprint density at radius 1 is 0.950 bits per heavy atom. The number of thiol groups is 1. The smallest absolute Gasteiger partial charge is 0.275 e. The van der Waals surface area contributed by atoms with E-state index in [0.29, 0.717) is 6.54 Å². The van der Waals surface area contributed by atoms with Crippen LogP contribution < -0.4 is 10.6 Å². The molecule has 5 nitrogen and oxygen atoms in total. The van der Waals surface area contributed by atoms with Crippen LogP contribution in [0.5, 0.6) is 0 Å². The first-order valence-electron chi connectivity index (χ1n) is 7.37. The summed E-state index contributed by atoms with van der Waals surface area (Å²) in [7, 11) is 0. The van der Waals surface area contributed by atoms with Crippen LogP contribution in [0.2, 0.25) is 0 Å². The van der Waals surface area contributed by atoms with Gasteiger partial charge < -0.3 is 15.4 Å². The van der Waals surface area contributed by atoms with Gasteiger partial charge in [-0.15, -0.1) is 0 Å². The Kier molecular flexibility index (Phi) is 12.7. The first-order valence-corrected chi connectivity index (χ1v) is 7.82. The van der Waals surface area contributed by atoms with E-state index < -0.39 is 0 Å². The normalized spacial score (nSPS) is 10.6. The van der Waals surface area contributed by atoms with E-state index in [1.807, 2.05) is 13.8 Å². The van der Waals surface area contributed by atoms with Crippen LogP contribution in [0, 0.1) is 0 Å². The summed E-state index contributed by atoms with van der Waals surface area (Å²) in [4.78, 5) is 21.8. The second kappa shape index (κ2) is 13.2. The van der Waals surface area contributed by atoms with E-state index in [1.54, 1.807) is 0 Å². The van der Waals surface area contributed by atoms with Gasteiger partial charge in [-0.1, -0.05) is 38.3 Å². The third-order valence-electron chi connectivity index (χ3n) is 2.75. The van der Waals surface area contributed by atoms with E-state index in [4.69, 9.17) is 4.74 Å². The van der Waals surface area contributed by atoms with Crippen molar-refractivity contribution in [2.75, 3.05) is 19.7 Å². The summed E-state index contributed by atoms with van der Waals surface area (Å²) in [6, 6.07) is 0. The molecule has 0 atom stereocenters. The van der Waals surface area contributed by atoms with Crippen LogP contribution >= 0.6 is 12.6 Å². The van der Waals surface area contributed by atoms with Gasteiger partial charge in [0, 0.05) is 13.1 Å². The van der Waals surface area contributed by atoms with E-state index in [0.717, 1.165) is 45.1 Å². The summed E-state index contributed by atoms with van der Waals surface area (Å²) in [5, 5.41) is 5.23. The Labute approximate surface area is 127 Å². The molecule has 0 saturated heterocycles. The Morgan fingerprint density at radius 3 is 1.95 bits per heavy atom. The molecule has 0 saturated carbocycles. The third-order valence-corrected chi connectivity index (χ3v) is 2.91. The van der Waals surface area contributed by atoms with Gasteiger partial charge in [0.1, 0.15) is 6.61 Å². The van der Waals surface area contributed by atoms with E-state index >= 15 is 0 Å². The first kappa shape index (κ1) is 19.2. The van der Waals surface area contributed by atoms with Gasteiger partial charge in [0.05, 0.1) is 6.10 Å². The fourth-order valence-corrected chi connectivity index (χ4v) is 1.79. The molecule has 118 valence electrons. The summed E-state index contributed by atoms with van der Waals surface area (Å²) >= 11 is 3.63. The fourth-order valence-electron chi connectivity index (χ4n) is 1.67. The monoisotopic (exact) mass is 304 g/mol. The number of carbonyl (C=O) groups is 2.